The van der Waals surface area contributed by atoms with Crippen molar-refractivity contribution in [3.8, 4) is 11.4 Å². The molecule has 10 heteroatoms. The standard InChI is InChI=1S/C16H19F3N4O3/c1-15(2,9-23(3)25-4)21-13(24)11-7-5-10(6-8-11)12-20-14(26-22-12)16(17,18)19/h5-8H,9H2,1-4H3,(H,21,24). The predicted octanol–water partition coefficient (Wildman–Crippen LogP) is 2.76. The Labute approximate surface area is 148 Å². The van der Waals surface area contributed by atoms with Gasteiger partial charge in [-0.15, -0.1) is 0 Å². The molecule has 2 aromatic rings. The number of carbonyl (C=O) groups is 1. The summed E-state index contributed by atoms with van der Waals surface area (Å²) in [6.45, 7) is 4.13. The van der Waals surface area contributed by atoms with Crippen LogP contribution in [0.3, 0.4) is 0 Å². The molecule has 1 heterocycles. The topological polar surface area (TPSA) is 80.5 Å². The Morgan fingerprint density at radius 3 is 2.38 bits per heavy atom. The van der Waals surface area contributed by atoms with E-state index in [9.17, 15) is 18.0 Å². The molecule has 0 spiro atoms. The molecule has 26 heavy (non-hydrogen) atoms. The van der Waals surface area contributed by atoms with Crippen LogP contribution in [0.1, 0.15) is 30.1 Å². The van der Waals surface area contributed by atoms with Crippen molar-refractivity contribution in [3.63, 3.8) is 0 Å². The fourth-order valence-electron chi connectivity index (χ4n) is 2.27. The molecule has 0 bridgehead atoms. The van der Waals surface area contributed by atoms with Gasteiger partial charge in [0.05, 0.1) is 7.11 Å². The summed E-state index contributed by atoms with van der Waals surface area (Å²) in [5.41, 5.74) is 0.0936. The van der Waals surface area contributed by atoms with Crippen LogP contribution in [0.15, 0.2) is 28.8 Å². The highest BCUT2D eigenvalue weighted by molar-refractivity contribution is 5.95. The van der Waals surface area contributed by atoms with E-state index < -0.39 is 17.6 Å². The van der Waals surface area contributed by atoms with Gasteiger partial charge in [0.25, 0.3) is 5.91 Å². The van der Waals surface area contributed by atoms with E-state index in [1.807, 2.05) is 13.8 Å². The SMILES string of the molecule is CON(C)CC(C)(C)NC(=O)c1ccc(-c2noc(C(F)(F)F)n2)cc1. The quantitative estimate of drug-likeness (QED) is 0.786. The van der Waals surface area contributed by atoms with Crippen molar-refractivity contribution in [2.24, 2.45) is 0 Å². The van der Waals surface area contributed by atoms with E-state index >= 15 is 0 Å². The average molecular weight is 372 g/mol. The Kier molecular flexibility index (Phi) is 5.67. The number of hydroxylamine groups is 2. The maximum atomic E-state index is 12.5. The minimum Gasteiger partial charge on any atom is -0.346 e. The molecule has 0 saturated carbocycles. The summed E-state index contributed by atoms with van der Waals surface area (Å²) >= 11 is 0. The first-order chi connectivity index (χ1) is 12.0. The molecule has 0 aliphatic carbocycles. The number of likely N-dealkylation sites (N-methyl/N-ethyl adjacent to an activating group) is 1. The monoisotopic (exact) mass is 372 g/mol. The van der Waals surface area contributed by atoms with Gasteiger partial charge in [0.15, 0.2) is 0 Å². The van der Waals surface area contributed by atoms with Gasteiger partial charge in [-0.05, 0) is 26.0 Å². The highest BCUT2D eigenvalue weighted by atomic mass is 19.4. The van der Waals surface area contributed by atoms with Crippen LogP contribution in [0.4, 0.5) is 13.2 Å². The van der Waals surface area contributed by atoms with Crippen molar-refractivity contribution in [1.82, 2.24) is 20.5 Å². The van der Waals surface area contributed by atoms with E-state index in [0.717, 1.165) is 0 Å². The minimum atomic E-state index is -4.70. The van der Waals surface area contributed by atoms with E-state index in [2.05, 4.69) is 20.0 Å². The Morgan fingerprint density at radius 2 is 1.88 bits per heavy atom. The highest BCUT2D eigenvalue weighted by Crippen LogP contribution is 2.29. The normalized spacial score (nSPS) is 12.5. The lowest BCUT2D eigenvalue weighted by atomic mass is 10.0. The third kappa shape index (κ3) is 5.02. The molecule has 7 nitrogen and oxygen atoms in total. The molecule has 0 aliphatic heterocycles. The Balaban J connectivity index is 2.09. The zero-order valence-electron chi connectivity index (χ0n) is 14.7. The number of halogens is 3. The molecule has 0 saturated heterocycles. The van der Waals surface area contributed by atoms with E-state index in [0.29, 0.717) is 17.7 Å². The van der Waals surface area contributed by atoms with Crippen LogP contribution in [-0.2, 0) is 11.0 Å². The van der Waals surface area contributed by atoms with Crippen molar-refractivity contribution >= 4 is 5.91 Å². The first kappa shape index (κ1) is 19.9. The second-order valence-electron chi connectivity index (χ2n) is 6.30. The molecule has 142 valence electrons. The predicted molar refractivity (Wildman–Crippen MR) is 85.9 cm³/mol. The lowest BCUT2D eigenvalue weighted by Gasteiger charge is -2.30. The van der Waals surface area contributed by atoms with Gasteiger partial charge in [0.2, 0.25) is 5.82 Å². The van der Waals surface area contributed by atoms with Crippen LogP contribution in [0.25, 0.3) is 11.4 Å². The average Bonchev–Trinajstić information content (AvgIpc) is 3.04. The molecular weight excluding hydrogens is 353 g/mol. The van der Waals surface area contributed by atoms with Crippen LogP contribution in [0.2, 0.25) is 0 Å². The molecule has 2 rings (SSSR count). The second-order valence-corrected chi connectivity index (χ2v) is 6.30. The highest BCUT2D eigenvalue weighted by Gasteiger charge is 2.38. The lowest BCUT2D eigenvalue weighted by molar-refractivity contribution is -0.159. The number of rotatable bonds is 6. The summed E-state index contributed by atoms with van der Waals surface area (Å²) < 4.78 is 41.7. The molecule has 1 N–H and O–H groups in total. The van der Waals surface area contributed by atoms with Gasteiger partial charge in [-0.3, -0.25) is 4.79 Å². The fraction of sp³-hybridized carbons (Fsp3) is 0.438. The van der Waals surface area contributed by atoms with Gasteiger partial charge in [-0.2, -0.15) is 23.2 Å². The molecule has 0 fully saturated rings. The summed E-state index contributed by atoms with van der Waals surface area (Å²) in [7, 11) is 3.27. The van der Waals surface area contributed by atoms with E-state index in [1.54, 1.807) is 12.1 Å². The number of benzene rings is 1. The molecule has 0 radical (unpaired) electrons. The third-order valence-corrected chi connectivity index (χ3v) is 3.46. The van der Waals surface area contributed by atoms with Crippen molar-refractivity contribution in [2.45, 2.75) is 25.6 Å². The van der Waals surface area contributed by atoms with Crippen molar-refractivity contribution in [2.75, 3.05) is 20.7 Å². The summed E-state index contributed by atoms with van der Waals surface area (Å²) in [5, 5.41) is 7.75. The van der Waals surface area contributed by atoms with Crippen LogP contribution in [-0.4, -0.2) is 47.4 Å². The Morgan fingerprint density at radius 1 is 1.27 bits per heavy atom. The maximum Gasteiger partial charge on any atom is 0.471 e. The largest absolute Gasteiger partial charge is 0.471 e. The number of aromatic nitrogens is 2. The molecule has 0 atom stereocenters. The van der Waals surface area contributed by atoms with Crippen LogP contribution >= 0.6 is 0 Å². The van der Waals surface area contributed by atoms with Gasteiger partial charge >= 0.3 is 12.1 Å². The summed E-state index contributed by atoms with van der Waals surface area (Å²) in [6.07, 6.45) is -4.70. The zero-order chi connectivity index (χ0) is 19.5. The Bertz CT molecular complexity index is 757. The van der Waals surface area contributed by atoms with Crippen LogP contribution in [0, 0.1) is 0 Å². The maximum absolute atomic E-state index is 12.5. The number of hydrogen-bond donors (Lipinski definition) is 1. The van der Waals surface area contributed by atoms with Gasteiger partial charge in [0.1, 0.15) is 0 Å². The van der Waals surface area contributed by atoms with Crippen molar-refractivity contribution in [1.29, 1.82) is 0 Å². The van der Waals surface area contributed by atoms with Gasteiger partial charge < -0.3 is 14.7 Å². The number of nitrogens with one attached hydrogen (secondary N) is 1. The third-order valence-electron chi connectivity index (χ3n) is 3.46. The summed E-state index contributed by atoms with van der Waals surface area (Å²) in [5.74, 6) is -1.94. The number of amides is 1. The van der Waals surface area contributed by atoms with Crippen LogP contribution < -0.4 is 5.32 Å². The fourth-order valence-corrected chi connectivity index (χ4v) is 2.27. The van der Waals surface area contributed by atoms with Gasteiger partial charge in [-0.1, -0.05) is 17.3 Å². The van der Waals surface area contributed by atoms with Gasteiger partial charge in [0, 0.05) is 30.3 Å². The van der Waals surface area contributed by atoms with E-state index in [-0.39, 0.29) is 11.7 Å². The zero-order valence-corrected chi connectivity index (χ0v) is 14.7. The van der Waals surface area contributed by atoms with Crippen molar-refractivity contribution < 1.29 is 27.3 Å². The lowest BCUT2D eigenvalue weighted by Crippen LogP contribution is -2.50. The smallest absolute Gasteiger partial charge is 0.346 e. The second kappa shape index (κ2) is 7.42. The summed E-state index contributed by atoms with van der Waals surface area (Å²) in [6, 6.07) is 5.86. The molecule has 1 aromatic carbocycles. The molecular formula is C16H19F3N4O3. The van der Waals surface area contributed by atoms with E-state index in [4.69, 9.17) is 4.84 Å². The van der Waals surface area contributed by atoms with Crippen molar-refractivity contribution in [3.05, 3.63) is 35.7 Å². The number of nitrogens with zero attached hydrogens (tertiary/aromatic N) is 3. The van der Waals surface area contributed by atoms with Crippen LogP contribution in [0.5, 0.6) is 0 Å². The molecule has 0 unspecified atom stereocenters. The first-order valence-electron chi connectivity index (χ1n) is 7.61. The van der Waals surface area contributed by atoms with E-state index in [1.165, 1.54) is 31.4 Å². The number of carbonyl (C=O) groups excluding carboxylic acids is 1. The minimum absolute atomic E-state index is 0.202. The number of alkyl halides is 3. The first-order valence-corrected chi connectivity index (χ1v) is 7.61. The Hall–Kier alpha value is -2.46. The molecule has 0 aliphatic rings. The summed E-state index contributed by atoms with van der Waals surface area (Å²) in [4.78, 5) is 20.7. The molecule has 1 amide bonds. The van der Waals surface area contributed by atoms with Gasteiger partial charge in [-0.25, -0.2) is 0 Å². The molecule has 1 aromatic heterocycles. The number of hydrogen-bond acceptors (Lipinski definition) is 6.